The van der Waals surface area contributed by atoms with Gasteiger partial charge < -0.3 is 5.32 Å². The lowest BCUT2D eigenvalue weighted by atomic mass is 9.98. The van der Waals surface area contributed by atoms with Crippen LogP contribution in [-0.2, 0) is 0 Å². The van der Waals surface area contributed by atoms with E-state index in [0.29, 0.717) is 11.6 Å². The molecule has 5 heteroatoms. The third kappa shape index (κ3) is 5.59. The SMILES string of the molecule is C=CCC[C@@H](c1ccc(C)c(F)c1)N1CCNCC1.Cl.Cl. The predicted octanol–water partition coefficient (Wildman–Crippen LogP) is 3.89. The highest BCUT2D eigenvalue weighted by molar-refractivity contribution is 5.85. The summed E-state index contributed by atoms with van der Waals surface area (Å²) in [5.41, 5.74) is 1.80. The Morgan fingerprint density at radius 1 is 1.33 bits per heavy atom. The van der Waals surface area contributed by atoms with Crippen molar-refractivity contribution >= 4 is 24.8 Å². The molecule has 1 fully saturated rings. The third-order valence-corrected chi connectivity index (χ3v) is 3.82. The van der Waals surface area contributed by atoms with Gasteiger partial charge in [0.25, 0.3) is 0 Å². The van der Waals surface area contributed by atoms with E-state index in [-0.39, 0.29) is 30.6 Å². The molecule has 2 nitrogen and oxygen atoms in total. The first-order chi connectivity index (χ1) is 9.22. The van der Waals surface area contributed by atoms with Crippen LogP contribution in [-0.4, -0.2) is 31.1 Å². The minimum Gasteiger partial charge on any atom is -0.314 e. The van der Waals surface area contributed by atoms with Crippen LogP contribution < -0.4 is 5.32 Å². The van der Waals surface area contributed by atoms with Crippen LogP contribution in [0.15, 0.2) is 30.9 Å². The molecular formula is C16H25Cl2FN2. The molecule has 1 atom stereocenters. The Morgan fingerprint density at radius 3 is 2.57 bits per heavy atom. The van der Waals surface area contributed by atoms with Gasteiger partial charge in [-0.1, -0.05) is 18.2 Å². The van der Waals surface area contributed by atoms with E-state index in [0.717, 1.165) is 44.6 Å². The molecule has 0 amide bonds. The molecule has 1 heterocycles. The van der Waals surface area contributed by atoms with E-state index >= 15 is 0 Å². The quantitative estimate of drug-likeness (QED) is 0.822. The van der Waals surface area contributed by atoms with Crippen molar-refractivity contribution in [1.82, 2.24) is 10.2 Å². The number of benzene rings is 1. The number of nitrogens with zero attached hydrogens (tertiary/aromatic N) is 1. The average molecular weight is 335 g/mol. The van der Waals surface area contributed by atoms with Crippen molar-refractivity contribution in [3.63, 3.8) is 0 Å². The molecule has 0 spiro atoms. The van der Waals surface area contributed by atoms with Gasteiger partial charge in [-0.05, 0) is 37.0 Å². The molecule has 1 aliphatic rings. The van der Waals surface area contributed by atoms with Crippen LogP contribution in [0.1, 0.15) is 30.0 Å². The summed E-state index contributed by atoms with van der Waals surface area (Å²) in [6, 6.07) is 5.95. The highest BCUT2D eigenvalue weighted by atomic mass is 35.5. The maximum atomic E-state index is 13.8. The highest BCUT2D eigenvalue weighted by Gasteiger charge is 2.22. The maximum absolute atomic E-state index is 13.8. The van der Waals surface area contributed by atoms with Crippen molar-refractivity contribution in [2.24, 2.45) is 0 Å². The van der Waals surface area contributed by atoms with Gasteiger partial charge >= 0.3 is 0 Å². The van der Waals surface area contributed by atoms with Gasteiger partial charge in [0, 0.05) is 32.2 Å². The first kappa shape index (κ1) is 20.4. The topological polar surface area (TPSA) is 15.3 Å². The van der Waals surface area contributed by atoms with Crippen molar-refractivity contribution in [2.75, 3.05) is 26.2 Å². The molecule has 1 aliphatic heterocycles. The minimum absolute atomic E-state index is 0. The number of hydrogen-bond donors (Lipinski definition) is 1. The Labute approximate surface area is 139 Å². The van der Waals surface area contributed by atoms with Crippen LogP contribution in [0, 0.1) is 12.7 Å². The normalized spacial score (nSPS) is 16.5. The number of halogens is 3. The van der Waals surface area contributed by atoms with E-state index < -0.39 is 0 Å². The standard InChI is InChI=1S/C16H23FN2.2ClH/c1-3-4-5-16(19-10-8-18-9-11-19)14-7-6-13(2)15(17)12-14;;/h3,6-7,12,16,18H,1,4-5,8-11H2,2H3;2*1H/t16-;;/m0../s1. The highest BCUT2D eigenvalue weighted by Crippen LogP contribution is 2.27. The van der Waals surface area contributed by atoms with E-state index in [9.17, 15) is 4.39 Å². The lowest BCUT2D eigenvalue weighted by molar-refractivity contribution is 0.166. The summed E-state index contributed by atoms with van der Waals surface area (Å²) in [4.78, 5) is 2.45. The zero-order valence-corrected chi connectivity index (χ0v) is 14.1. The summed E-state index contributed by atoms with van der Waals surface area (Å²) in [7, 11) is 0. The van der Waals surface area contributed by atoms with Crippen LogP contribution in [0.2, 0.25) is 0 Å². The van der Waals surface area contributed by atoms with Gasteiger partial charge in [-0.25, -0.2) is 4.39 Å². The Morgan fingerprint density at radius 2 is 2.00 bits per heavy atom. The maximum Gasteiger partial charge on any atom is 0.126 e. The monoisotopic (exact) mass is 334 g/mol. The molecule has 21 heavy (non-hydrogen) atoms. The molecule has 1 aromatic rings. The molecule has 0 aromatic heterocycles. The van der Waals surface area contributed by atoms with Crippen molar-refractivity contribution in [1.29, 1.82) is 0 Å². The number of allylic oxidation sites excluding steroid dienone is 1. The second kappa shape index (κ2) is 10.2. The van der Waals surface area contributed by atoms with Crippen molar-refractivity contribution < 1.29 is 4.39 Å². The van der Waals surface area contributed by atoms with Gasteiger partial charge in [-0.2, -0.15) is 0 Å². The van der Waals surface area contributed by atoms with Gasteiger partial charge in [0.2, 0.25) is 0 Å². The largest absolute Gasteiger partial charge is 0.314 e. The summed E-state index contributed by atoms with van der Waals surface area (Å²) in [5.74, 6) is -0.101. The van der Waals surface area contributed by atoms with Crippen LogP contribution in [0.4, 0.5) is 4.39 Å². The summed E-state index contributed by atoms with van der Waals surface area (Å²) in [6.07, 6.45) is 3.91. The molecule has 1 N–H and O–H groups in total. The average Bonchev–Trinajstić information content (AvgIpc) is 2.44. The summed E-state index contributed by atoms with van der Waals surface area (Å²) >= 11 is 0. The lowest BCUT2D eigenvalue weighted by Gasteiger charge is -2.35. The minimum atomic E-state index is -0.101. The Balaban J connectivity index is 0.00000200. The number of hydrogen-bond acceptors (Lipinski definition) is 2. The number of rotatable bonds is 5. The zero-order chi connectivity index (χ0) is 13.7. The van der Waals surface area contributed by atoms with Crippen LogP contribution >= 0.6 is 24.8 Å². The van der Waals surface area contributed by atoms with E-state index in [2.05, 4.69) is 22.9 Å². The van der Waals surface area contributed by atoms with Crippen LogP contribution in [0.25, 0.3) is 0 Å². The molecule has 0 bridgehead atoms. The molecule has 0 saturated carbocycles. The second-order valence-electron chi connectivity index (χ2n) is 5.18. The number of nitrogens with one attached hydrogen (secondary N) is 1. The summed E-state index contributed by atoms with van der Waals surface area (Å²) in [5, 5.41) is 3.36. The van der Waals surface area contributed by atoms with Gasteiger partial charge in [-0.15, -0.1) is 31.4 Å². The van der Waals surface area contributed by atoms with Crippen molar-refractivity contribution in [3.05, 3.63) is 47.8 Å². The van der Waals surface area contributed by atoms with E-state index in [1.54, 1.807) is 6.07 Å². The second-order valence-corrected chi connectivity index (χ2v) is 5.18. The van der Waals surface area contributed by atoms with Gasteiger partial charge in [0.1, 0.15) is 5.82 Å². The zero-order valence-electron chi connectivity index (χ0n) is 12.5. The lowest BCUT2D eigenvalue weighted by Crippen LogP contribution is -2.45. The molecule has 0 radical (unpaired) electrons. The number of aryl methyl sites for hydroxylation is 1. The Bertz CT molecular complexity index is 434. The van der Waals surface area contributed by atoms with Crippen molar-refractivity contribution in [3.8, 4) is 0 Å². The molecule has 1 aromatic carbocycles. The fraction of sp³-hybridized carbons (Fsp3) is 0.500. The summed E-state index contributed by atoms with van der Waals surface area (Å²) < 4.78 is 13.8. The Kier molecular flexibility index (Phi) is 9.88. The fourth-order valence-corrected chi connectivity index (χ4v) is 2.65. The number of piperazine rings is 1. The third-order valence-electron chi connectivity index (χ3n) is 3.82. The van der Waals surface area contributed by atoms with E-state index in [1.165, 1.54) is 0 Å². The molecule has 0 aliphatic carbocycles. The Hall–Kier alpha value is -0.610. The molecule has 1 saturated heterocycles. The van der Waals surface area contributed by atoms with Gasteiger partial charge in [0.05, 0.1) is 0 Å². The van der Waals surface area contributed by atoms with Crippen molar-refractivity contribution in [2.45, 2.75) is 25.8 Å². The molecule has 0 unspecified atom stereocenters. The fourth-order valence-electron chi connectivity index (χ4n) is 2.65. The smallest absolute Gasteiger partial charge is 0.126 e. The van der Waals surface area contributed by atoms with Crippen LogP contribution in [0.5, 0.6) is 0 Å². The van der Waals surface area contributed by atoms with Gasteiger partial charge in [-0.3, -0.25) is 4.90 Å². The molecule has 120 valence electrons. The first-order valence-corrected chi connectivity index (χ1v) is 7.04. The van der Waals surface area contributed by atoms with Gasteiger partial charge in [0.15, 0.2) is 0 Å². The first-order valence-electron chi connectivity index (χ1n) is 7.04. The molecule has 2 rings (SSSR count). The summed E-state index contributed by atoms with van der Waals surface area (Å²) in [6.45, 7) is 9.68. The van der Waals surface area contributed by atoms with E-state index in [1.807, 2.05) is 19.1 Å². The van der Waals surface area contributed by atoms with Crippen LogP contribution in [0.3, 0.4) is 0 Å². The molecular weight excluding hydrogens is 310 g/mol. The predicted molar refractivity (Wildman–Crippen MR) is 92.2 cm³/mol. The van der Waals surface area contributed by atoms with E-state index in [4.69, 9.17) is 0 Å².